The Morgan fingerprint density at radius 2 is 2.18 bits per heavy atom. The predicted octanol–water partition coefficient (Wildman–Crippen LogP) is 1.56. The summed E-state index contributed by atoms with van der Waals surface area (Å²) in [6.07, 6.45) is 4.22. The summed E-state index contributed by atoms with van der Waals surface area (Å²) in [6.45, 7) is 4.18. The Morgan fingerprint density at radius 1 is 1.55 bits per heavy atom. The number of hydrogen-bond donors (Lipinski definition) is 0. The van der Waals surface area contributed by atoms with Crippen molar-refractivity contribution in [3.05, 3.63) is 0 Å². The van der Waals surface area contributed by atoms with Gasteiger partial charge in [0.2, 0.25) is 0 Å². The minimum atomic E-state index is 0.0194. The molecule has 0 aromatic carbocycles. The third-order valence-electron chi connectivity index (χ3n) is 1.85. The van der Waals surface area contributed by atoms with Crippen LogP contribution in [0.1, 0.15) is 39.5 Å². The Morgan fingerprint density at radius 3 is 2.55 bits per heavy atom. The molecule has 11 heavy (non-hydrogen) atoms. The van der Waals surface area contributed by atoms with Gasteiger partial charge in [0.15, 0.2) is 0 Å². The van der Waals surface area contributed by atoms with Gasteiger partial charge in [0.25, 0.3) is 0 Å². The van der Waals surface area contributed by atoms with Crippen molar-refractivity contribution in [1.82, 2.24) is 0 Å². The molecule has 0 aromatic heterocycles. The maximum absolute atomic E-state index is 11.1. The molecule has 0 saturated carbocycles. The van der Waals surface area contributed by atoms with Crippen molar-refractivity contribution in [2.45, 2.75) is 39.5 Å². The summed E-state index contributed by atoms with van der Waals surface area (Å²) in [6, 6.07) is 0. The zero-order valence-electron chi connectivity index (χ0n) is 7.30. The molecule has 0 rings (SSSR count). The van der Waals surface area contributed by atoms with Crippen LogP contribution in [0.2, 0.25) is 0 Å². The normalized spacial score (nSPS) is 12.6. The van der Waals surface area contributed by atoms with E-state index in [1.165, 1.54) is 0 Å². The molecule has 0 amide bonds. The Bertz CT molecular complexity index is 115. The van der Waals surface area contributed by atoms with Crippen molar-refractivity contribution in [1.29, 1.82) is 0 Å². The van der Waals surface area contributed by atoms with E-state index in [1.807, 2.05) is 6.92 Å². The van der Waals surface area contributed by atoms with Crippen LogP contribution in [0.5, 0.6) is 0 Å². The van der Waals surface area contributed by atoms with Gasteiger partial charge in [0, 0.05) is 0 Å². The predicted molar refractivity (Wildman–Crippen MR) is 46.5 cm³/mol. The van der Waals surface area contributed by atoms with Crippen LogP contribution in [0.4, 0.5) is 0 Å². The van der Waals surface area contributed by atoms with Crippen molar-refractivity contribution in [3.63, 3.8) is 0 Å². The van der Waals surface area contributed by atoms with Gasteiger partial charge in [-0.3, -0.25) is 0 Å². The van der Waals surface area contributed by atoms with Crippen LogP contribution in [0.3, 0.4) is 0 Å². The van der Waals surface area contributed by atoms with Gasteiger partial charge in [-0.15, -0.1) is 0 Å². The molecule has 0 saturated heterocycles. The summed E-state index contributed by atoms with van der Waals surface area (Å²) in [7, 11) is 0. The molecular formula is C8H16O2Pb. The van der Waals surface area contributed by atoms with E-state index in [-0.39, 0.29) is 11.9 Å². The summed E-state index contributed by atoms with van der Waals surface area (Å²) in [5.74, 6) is 0.186. The van der Waals surface area contributed by atoms with E-state index in [4.69, 9.17) is 2.69 Å². The van der Waals surface area contributed by atoms with Crippen LogP contribution in [0.25, 0.3) is 0 Å². The average Bonchev–Trinajstić information content (AvgIpc) is 2.05. The first-order chi connectivity index (χ1) is 5.26. The van der Waals surface area contributed by atoms with Gasteiger partial charge in [0.1, 0.15) is 0 Å². The second-order valence-electron chi connectivity index (χ2n) is 2.68. The monoisotopic (exact) mass is 352 g/mol. The number of carbonyl (C=O) groups is 1. The summed E-state index contributed by atoms with van der Waals surface area (Å²) < 4.78 is 4.83. The third-order valence-corrected chi connectivity index (χ3v) is 2.75. The number of hydrogen-bond acceptors (Lipinski definition) is 2. The van der Waals surface area contributed by atoms with Crippen LogP contribution >= 0.6 is 0 Å². The Balaban J connectivity index is 3.65. The van der Waals surface area contributed by atoms with E-state index in [0.29, 0.717) is 26.2 Å². The first-order valence-electron chi connectivity index (χ1n) is 4.16. The standard InChI is InChI=1S/C8H16O2.Pb.H/c1-3-5-6-7(4-2)8(9)10;;/h7H,3-6H2,1-2H3,(H,9,10);;/q;+1;/p-1. The van der Waals surface area contributed by atoms with Gasteiger partial charge in [-0.25, -0.2) is 0 Å². The summed E-state index contributed by atoms with van der Waals surface area (Å²) >= 11 is 0.350. The zero-order chi connectivity index (χ0) is 8.69. The van der Waals surface area contributed by atoms with Crippen molar-refractivity contribution < 1.29 is 7.48 Å². The molecule has 0 heterocycles. The summed E-state index contributed by atoms with van der Waals surface area (Å²) in [5.41, 5.74) is 0. The van der Waals surface area contributed by atoms with E-state index < -0.39 is 0 Å². The fourth-order valence-electron chi connectivity index (χ4n) is 1.04. The van der Waals surface area contributed by atoms with Gasteiger partial charge in [-0.1, -0.05) is 0 Å². The molecule has 0 aliphatic rings. The van der Waals surface area contributed by atoms with Crippen LogP contribution in [0, 0.1) is 5.92 Å². The molecule has 0 fully saturated rings. The number of unbranched alkanes of at least 4 members (excludes halogenated alkanes) is 1. The SMILES string of the molecule is CCCCC(CC)C(=O)[O][PbH]. The molecule has 1 atom stereocenters. The molecule has 2 nitrogen and oxygen atoms in total. The fraction of sp³-hybridized carbons (Fsp3) is 0.875. The zero-order valence-corrected chi connectivity index (χ0v) is 11.8. The van der Waals surface area contributed by atoms with Gasteiger partial charge >= 0.3 is 85.1 Å². The molecule has 0 aromatic rings. The first kappa shape index (κ1) is 11.4. The number of rotatable bonds is 5. The third kappa shape index (κ3) is 4.77. The molecule has 0 aliphatic carbocycles. The Kier molecular flexibility index (Phi) is 7.32. The van der Waals surface area contributed by atoms with E-state index in [2.05, 4.69) is 6.92 Å². The van der Waals surface area contributed by atoms with E-state index >= 15 is 0 Å². The molecular weight excluding hydrogens is 335 g/mol. The molecule has 1 unspecified atom stereocenters. The first-order valence-corrected chi connectivity index (χ1v) is 6.00. The molecule has 3 heteroatoms. The topological polar surface area (TPSA) is 26.3 Å². The van der Waals surface area contributed by atoms with Crippen LogP contribution < -0.4 is 0 Å². The Labute approximate surface area is 85.0 Å². The Hall–Kier alpha value is 0.392. The van der Waals surface area contributed by atoms with Crippen LogP contribution in [0.15, 0.2) is 0 Å². The second kappa shape index (κ2) is 7.06. The van der Waals surface area contributed by atoms with Gasteiger partial charge < -0.3 is 0 Å². The molecule has 2 radical (unpaired) electrons. The number of carbonyl (C=O) groups excluding carboxylic acids is 1. The van der Waals surface area contributed by atoms with Crippen molar-refractivity contribution >= 4 is 32.2 Å². The summed E-state index contributed by atoms with van der Waals surface area (Å²) in [5, 5.41) is 0. The molecule has 0 aliphatic heterocycles. The molecule has 64 valence electrons. The molecule has 0 bridgehead atoms. The van der Waals surface area contributed by atoms with Gasteiger partial charge in [-0.05, 0) is 0 Å². The van der Waals surface area contributed by atoms with E-state index in [1.54, 1.807) is 0 Å². The molecule has 0 spiro atoms. The van der Waals surface area contributed by atoms with E-state index in [0.717, 1.165) is 25.7 Å². The molecule has 0 N–H and O–H groups in total. The van der Waals surface area contributed by atoms with Crippen molar-refractivity contribution in [3.8, 4) is 0 Å². The van der Waals surface area contributed by atoms with E-state index in [9.17, 15) is 4.79 Å². The summed E-state index contributed by atoms with van der Waals surface area (Å²) in [4.78, 5) is 11.1. The van der Waals surface area contributed by atoms with Gasteiger partial charge in [-0.2, -0.15) is 0 Å². The van der Waals surface area contributed by atoms with Crippen LogP contribution in [-0.2, 0) is 7.48 Å². The quantitative estimate of drug-likeness (QED) is 0.703. The van der Waals surface area contributed by atoms with Gasteiger partial charge in [0.05, 0.1) is 0 Å². The second-order valence-corrected chi connectivity index (χ2v) is 3.60. The van der Waals surface area contributed by atoms with Crippen molar-refractivity contribution in [2.75, 3.05) is 0 Å². The average molecular weight is 351 g/mol. The maximum atomic E-state index is 11.1. The minimum absolute atomic E-state index is 0.0194. The van der Waals surface area contributed by atoms with Crippen LogP contribution in [-0.4, -0.2) is 32.2 Å². The fourth-order valence-corrected chi connectivity index (χ4v) is 1.78. The van der Waals surface area contributed by atoms with Crippen molar-refractivity contribution in [2.24, 2.45) is 5.92 Å².